The number of aryl methyl sites for hydroxylation is 3. The number of halogens is 8. The van der Waals surface area contributed by atoms with Gasteiger partial charge in [0.15, 0.2) is 79.5 Å². The first-order chi connectivity index (χ1) is 64.1. The van der Waals surface area contributed by atoms with Crippen molar-refractivity contribution in [2.75, 3.05) is 60.8 Å². The fraction of sp³-hybridized carbons (Fsp3) is 0.538. The van der Waals surface area contributed by atoms with Crippen LogP contribution in [-0.4, -0.2) is 156 Å². The monoisotopic (exact) mass is 2080 g/mol. The molecule has 5 heterocycles. The molecule has 8 aromatic rings. The lowest BCUT2D eigenvalue weighted by molar-refractivity contribution is -0.114. The van der Waals surface area contributed by atoms with Gasteiger partial charge in [-0.2, -0.15) is 0 Å². The van der Waals surface area contributed by atoms with E-state index in [0.717, 1.165) is 122 Å². The van der Waals surface area contributed by atoms with Crippen LogP contribution in [0.1, 0.15) is 195 Å². The largest absolute Gasteiger partial charge is 0.505 e. The van der Waals surface area contributed by atoms with Gasteiger partial charge in [-0.05, 0) is 312 Å². The normalized spacial score (nSPS) is 20.3. The van der Waals surface area contributed by atoms with Crippen molar-refractivity contribution in [2.24, 2.45) is 29.4 Å². The predicted octanol–water partition coefficient (Wildman–Crippen LogP) is 25.8. The number of hydrogen-bond donors (Lipinski definition) is 6. The molecule has 0 radical (unpaired) electrons. The number of hydrogen-bond acceptors (Lipinski definition) is 21. The van der Waals surface area contributed by atoms with Crippen molar-refractivity contribution in [1.29, 1.82) is 0 Å². The van der Waals surface area contributed by atoms with Crippen molar-refractivity contribution in [3.05, 3.63) is 243 Å². The highest BCUT2D eigenvalue weighted by Crippen LogP contribution is 2.48. The molecule has 1 unspecified atom stereocenters. The van der Waals surface area contributed by atoms with E-state index in [1.807, 2.05) is 78.9 Å². The van der Waals surface area contributed by atoms with Gasteiger partial charge in [0.1, 0.15) is 19.5 Å². The number of aliphatic hydroxyl groups is 2. The third-order valence-electron chi connectivity index (χ3n) is 28.8. The molecule has 2 fully saturated rings. The molecule has 21 nitrogen and oxygen atoms in total. The summed E-state index contributed by atoms with van der Waals surface area (Å²) < 4.78 is 54.4. The van der Waals surface area contributed by atoms with Gasteiger partial charge in [0, 0.05) is 48.4 Å². The maximum absolute atomic E-state index is 12.2. The zero-order valence-electron chi connectivity index (χ0n) is 82.8. The maximum Gasteiger partial charge on any atom is 0.192 e. The number of carbonyl (C=O) groups excluding carboxylic acids is 1. The number of methoxy groups -OCH3 is 3. The van der Waals surface area contributed by atoms with E-state index in [1.165, 1.54) is 72.2 Å². The topological polar surface area (TPSA) is 284 Å². The molecule has 10 atom stereocenters. The summed E-state index contributed by atoms with van der Waals surface area (Å²) in [6.07, 6.45) is 18.8. The standard InChI is InChI=1S/C33H48Cl2N2O3Si.C26H37Cl2NO3Si.C24H31Cl2NO3Si.C9H17NO.2C6H6ClNO2/c1-8-29(38-5)27-14-11-24(27)19-36-21-33(17-9-10-23-18-25(34)12-15-28(23)33)22-39-30-16-13-26(37-31(30)35)20-40-41(6,7)32(2,3)4;1-18(30-5)26(14-8-9-19-15-20(27)10-12-22(19)26)17-31-23-13-11-21(29-24(23)28)16-32-33(6,7)25(2,3)4;1-23(2,3)31(4,5)30-14-19-9-11-21(22(26)27-19)29-16-24(15-28)12-6-7-17-13-18(25)8-10-20(17)24;1-3-9(11-2)8-5-4-7(8)6-10;2*7-6-5(10)2-1-4(3-9)8-6/h8,12-13,15-16,18,24,27,29,36H,1,9-11,14,17,19-22H2,2-7H3;10-13,15,18H,8-9,14,16-17H2,1-7H3;8-11,13,15H,6-7,12,14,16H2,1-5H3;3,7-9H,1,4-6,10H2,2H3;2*1-2,9-10H,3H2/t24-,27+,29-,33-;18?,26-;24-;7-,8+,9-;;/m0100../s1. The number of rotatable bonds is 34. The number of fused-ring (bicyclic) bond motifs is 3. The van der Waals surface area contributed by atoms with Crippen molar-refractivity contribution >= 4 is 124 Å². The third-order valence-corrected chi connectivity index (χ3v) is 44.3. The molecule has 136 heavy (non-hydrogen) atoms. The van der Waals surface area contributed by atoms with Gasteiger partial charge in [0.2, 0.25) is 0 Å². The van der Waals surface area contributed by atoms with Crippen molar-refractivity contribution in [2.45, 2.75) is 275 Å². The lowest BCUT2D eigenvalue weighted by atomic mass is 9.67. The highest BCUT2D eigenvalue weighted by atomic mass is 35.5. The number of nitrogens with one attached hydrogen (secondary N) is 1. The Balaban J connectivity index is 0.000000217. The average molecular weight is 2090 g/mol. The second kappa shape index (κ2) is 51.9. The van der Waals surface area contributed by atoms with Gasteiger partial charge < -0.3 is 78.0 Å². The highest BCUT2D eigenvalue weighted by Gasteiger charge is 2.46. The van der Waals surface area contributed by atoms with E-state index >= 15 is 0 Å². The van der Waals surface area contributed by atoms with Crippen LogP contribution < -0.4 is 25.3 Å². The van der Waals surface area contributed by atoms with Crippen LogP contribution in [-0.2, 0) is 101 Å². The molecular weight excluding hydrogens is 1940 g/mol. The van der Waals surface area contributed by atoms with Gasteiger partial charge in [-0.25, -0.2) is 24.9 Å². The Hall–Kier alpha value is -5.87. The first-order valence-electron chi connectivity index (χ1n) is 46.8. The molecule has 2 saturated carbocycles. The fourth-order valence-corrected chi connectivity index (χ4v) is 21.1. The van der Waals surface area contributed by atoms with Crippen LogP contribution in [0.4, 0.5) is 0 Å². The van der Waals surface area contributed by atoms with Crippen molar-refractivity contribution in [1.82, 2.24) is 30.2 Å². The van der Waals surface area contributed by atoms with E-state index in [4.69, 9.17) is 161 Å². The number of aromatic nitrogens is 5. The first kappa shape index (κ1) is 115. The first-order valence-corrected chi connectivity index (χ1v) is 58.6. The number of pyridine rings is 5. The zero-order chi connectivity index (χ0) is 101. The Kier molecular flexibility index (Phi) is 44.0. The minimum atomic E-state index is -1.88. The second-order valence-corrected chi connectivity index (χ2v) is 58.2. The van der Waals surface area contributed by atoms with Crippen LogP contribution in [0.25, 0.3) is 0 Å². The minimum absolute atomic E-state index is 0.0200. The molecular formula is C104H145Cl8N7O14Si3. The summed E-state index contributed by atoms with van der Waals surface area (Å²) in [5.74, 6) is 3.92. The molecule has 0 spiro atoms. The second-order valence-electron chi connectivity index (χ2n) is 40.6. The molecule has 7 N–H and O–H groups in total. The number of carbonyl (C=O) groups is 1. The molecule has 5 aliphatic rings. The fourth-order valence-electron chi connectivity index (χ4n) is 16.7. The third kappa shape index (κ3) is 31.1. The highest BCUT2D eigenvalue weighted by molar-refractivity contribution is 6.75. The lowest BCUT2D eigenvalue weighted by Gasteiger charge is -2.43. The molecule has 13 rings (SSSR count). The van der Waals surface area contributed by atoms with Gasteiger partial charge in [-0.3, -0.25) is 0 Å². The number of aromatic hydroxyl groups is 2. The molecule has 748 valence electrons. The Morgan fingerprint density at radius 2 is 0.838 bits per heavy atom. The summed E-state index contributed by atoms with van der Waals surface area (Å²) in [5, 5.41) is 42.4. The Labute approximate surface area is 851 Å². The smallest absolute Gasteiger partial charge is 0.192 e. The molecule has 0 amide bonds. The number of benzene rings is 3. The van der Waals surface area contributed by atoms with Crippen LogP contribution in [0.3, 0.4) is 0 Å². The van der Waals surface area contributed by atoms with Gasteiger partial charge in [-0.15, -0.1) is 13.2 Å². The van der Waals surface area contributed by atoms with E-state index in [0.29, 0.717) is 101 Å². The minimum Gasteiger partial charge on any atom is -0.505 e. The molecule has 32 heteroatoms. The van der Waals surface area contributed by atoms with Gasteiger partial charge in [-0.1, -0.05) is 185 Å². The van der Waals surface area contributed by atoms with E-state index in [1.54, 1.807) is 21.3 Å². The number of ether oxygens (including phenoxy) is 6. The molecule has 0 bridgehead atoms. The summed E-state index contributed by atoms with van der Waals surface area (Å²) in [7, 11) is -0.348. The van der Waals surface area contributed by atoms with Gasteiger partial charge in [0.25, 0.3) is 0 Å². The van der Waals surface area contributed by atoms with E-state index in [2.05, 4.69) is 176 Å². The number of nitrogens with zero attached hydrogens (tertiary/aromatic N) is 5. The zero-order valence-corrected chi connectivity index (χ0v) is 91.9. The Morgan fingerprint density at radius 1 is 0.471 bits per heavy atom. The van der Waals surface area contributed by atoms with Crippen LogP contribution in [0, 0.1) is 23.7 Å². The quantitative estimate of drug-likeness (QED) is 0.00946. The van der Waals surface area contributed by atoms with E-state index in [-0.39, 0.29) is 91.0 Å². The van der Waals surface area contributed by atoms with Crippen LogP contribution >= 0.6 is 92.8 Å². The van der Waals surface area contributed by atoms with E-state index in [9.17, 15) is 4.79 Å². The van der Waals surface area contributed by atoms with Gasteiger partial charge in [0.05, 0.1) is 97.3 Å². The Bertz CT molecular complexity index is 5170. The number of aldehydes is 1. The van der Waals surface area contributed by atoms with Crippen molar-refractivity contribution in [3.63, 3.8) is 0 Å². The van der Waals surface area contributed by atoms with Crippen molar-refractivity contribution < 1.29 is 66.9 Å². The summed E-state index contributed by atoms with van der Waals surface area (Å²) in [4.78, 5) is 33.1. The molecule has 5 aromatic heterocycles. The van der Waals surface area contributed by atoms with Gasteiger partial charge >= 0.3 is 0 Å². The summed E-state index contributed by atoms with van der Waals surface area (Å²) in [6.45, 7) is 47.9. The summed E-state index contributed by atoms with van der Waals surface area (Å²) in [6, 6.07) is 35.4. The van der Waals surface area contributed by atoms with Crippen LogP contribution in [0.15, 0.2) is 141 Å². The lowest BCUT2D eigenvalue weighted by Crippen LogP contribution is -2.48. The van der Waals surface area contributed by atoms with Crippen molar-refractivity contribution in [3.8, 4) is 28.7 Å². The SMILES string of the molecule is C=C[C@H](OC)[C@@H]1CC[C@H]1CN.C=C[C@H](OC)[C@@H]1CC[C@H]1CNC[C@]1(COc2ccc(CO[Si](C)(C)C(C)(C)C)nc2Cl)CCCc2cc(Cl)ccc21.CC(C)(C)[Si](C)(C)OCc1ccc(OC[C@@]2(C=O)CCCc3cc(Cl)ccc32)c(Cl)n1.COC(C)[C@]1(COc2ccc(CO[Si](C)(C)C(C)(C)C)nc2Cl)CCCc2cc(Cl)ccc21.OCc1ccc(O)c(Cl)n1.OCc1ccc(O)c(Cl)n1. The predicted molar refractivity (Wildman–Crippen MR) is 561 cm³/mol. The maximum atomic E-state index is 12.2. The van der Waals surface area contributed by atoms with E-state index < -0.39 is 30.4 Å². The number of nitrogens with two attached hydrogens (primary N) is 1. The van der Waals surface area contributed by atoms with Crippen LogP contribution in [0.5, 0.6) is 28.7 Å². The van der Waals surface area contributed by atoms with Crippen LogP contribution in [0.2, 0.25) is 95.2 Å². The molecule has 0 saturated heterocycles. The molecule has 3 aromatic carbocycles. The summed E-state index contributed by atoms with van der Waals surface area (Å²) >= 11 is 49.3. The number of aliphatic hydroxyl groups excluding tert-OH is 2. The molecule has 0 aliphatic heterocycles. The Morgan fingerprint density at radius 3 is 1.21 bits per heavy atom. The summed E-state index contributed by atoms with van der Waals surface area (Å²) in [5.41, 5.74) is 14.9. The average Bonchev–Trinajstić information content (AvgIpc) is 0.735. The molecule has 5 aliphatic carbocycles.